The van der Waals surface area contributed by atoms with Crippen molar-refractivity contribution < 1.29 is 9.47 Å². The molecular formula is C14H21Cl2NO2. The number of nitrogens with one attached hydrogen (secondary N) is 1. The summed E-state index contributed by atoms with van der Waals surface area (Å²) in [5.41, 5.74) is 1.11. The van der Waals surface area contributed by atoms with Crippen LogP contribution in [0, 0.1) is 0 Å². The lowest BCUT2D eigenvalue weighted by atomic mass is 10.0. The van der Waals surface area contributed by atoms with E-state index < -0.39 is 0 Å². The summed E-state index contributed by atoms with van der Waals surface area (Å²) in [6, 6.07) is 5.94. The minimum absolute atomic E-state index is 0.0643. The molecule has 0 aliphatic carbocycles. The Kier molecular flexibility index (Phi) is 7.11. The van der Waals surface area contributed by atoms with E-state index in [4.69, 9.17) is 32.7 Å². The van der Waals surface area contributed by atoms with Crippen LogP contribution in [0.25, 0.3) is 0 Å². The summed E-state index contributed by atoms with van der Waals surface area (Å²) >= 11 is 12.0. The summed E-state index contributed by atoms with van der Waals surface area (Å²) in [4.78, 5) is 0. The van der Waals surface area contributed by atoms with Crippen molar-refractivity contribution in [2.45, 2.75) is 38.6 Å². The Morgan fingerprint density at radius 3 is 2.26 bits per heavy atom. The van der Waals surface area contributed by atoms with E-state index in [0.29, 0.717) is 10.0 Å². The topological polar surface area (TPSA) is 30.5 Å². The van der Waals surface area contributed by atoms with Crippen LogP contribution in [-0.2, 0) is 9.47 Å². The van der Waals surface area contributed by atoms with Gasteiger partial charge in [0.1, 0.15) is 0 Å². The second-order valence-corrected chi connectivity index (χ2v) is 5.24. The fourth-order valence-electron chi connectivity index (χ4n) is 2.08. The molecule has 0 heterocycles. The van der Waals surface area contributed by atoms with Crippen molar-refractivity contribution in [1.29, 1.82) is 0 Å². The van der Waals surface area contributed by atoms with Crippen LogP contribution >= 0.6 is 23.2 Å². The van der Waals surface area contributed by atoms with Crippen LogP contribution in [0.2, 0.25) is 10.0 Å². The summed E-state index contributed by atoms with van der Waals surface area (Å²) in [5, 5.41) is 4.62. The van der Waals surface area contributed by atoms with Crippen molar-refractivity contribution in [2.24, 2.45) is 0 Å². The monoisotopic (exact) mass is 305 g/mol. The lowest BCUT2D eigenvalue weighted by Gasteiger charge is -2.27. The zero-order valence-electron chi connectivity index (χ0n) is 11.7. The number of rotatable bonds is 7. The fraction of sp³-hybridized carbons (Fsp3) is 0.571. The van der Waals surface area contributed by atoms with E-state index in [9.17, 15) is 0 Å². The highest BCUT2D eigenvalue weighted by Gasteiger charge is 2.20. The number of benzene rings is 1. The number of ether oxygens (including phenoxy) is 2. The number of hydrogen-bond donors (Lipinski definition) is 1. The van der Waals surface area contributed by atoms with Crippen LogP contribution in [0.5, 0.6) is 0 Å². The van der Waals surface area contributed by atoms with Gasteiger partial charge in [0.05, 0.1) is 16.1 Å². The standard InChI is InChI=1S/C14H21Cl2NO2/c1-5-13(17-9(2)14(18-3)19-4)10-6-7-11(15)12(16)8-10/h6-9,13-14,17H,5H2,1-4H3. The van der Waals surface area contributed by atoms with Crippen molar-refractivity contribution in [1.82, 2.24) is 5.32 Å². The molecular weight excluding hydrogens is 285 g/mol. The molecule has 5 heteroatoms. The molecule has 108 valence electrons. The second-order valence-electron chi connectivity index (χ2n) is 4.43. The predicted molar refractivity (Wildman–Crippen MR) is 79.9 cm³/mol. The van der Waals surface area contributed by atoms with Crippen LogP contribution in [-0.4, -0.2) is 26.6 Å². The zero-order chi connectivity index (χ0) is 14.4. The third kappa shape index (κ3) is 4.62. The van der Waals surface area contributed by atoms with Crippen LogP contribution in [0.1, 0.15) is 31.9 Å². The third-order valence-electron chi connectivity index (χ3n) is 3.09. The van der Waals surface area contributed by atoms with E-state index in [-0.39, 0.29) is 18.4 Å². The number of hydrogen-bond acceptors (Lipinski definition) is 3. The highest BCUT2D eigenvalue weighted by Crippen LogP contribution is 2.27. The summed E-state index contributed by atoms with van der Waals surface area (Å²) in [5.74, 6) is 0. The van der Waals surface area contributed by atoms with Crippen molar-refractivity contribution in [2.75, 3.05) is 14.2 Å². The molecule has 1 aromatic carbocycles. The highest BCUT2D eigenvalue weighted by atomic mass is 35.5. The third-order valence-corrected chi connectivity index (χ3v) is 3.83. The average molecular weight is 306 g/mol. The molecule has 2 atom stereocenters. The minimum Gasteiger partial charge on any atom is -0.354 e. The van der Waals surface area contributed by atoms with Gasteiger partial charge in [-0.1, -0.05) is 36.2 Å². The van der Waals surface area contributed by atoms with E-state index >= 15 is 0 Å². The molecule has 1 N–H and O–H groups in total. The maximum atomic E-state index is 6.06. The minimum atomic E-state index is -0.281. The van der Waals surface area contributed by atoms with Gasteiger partial charge in [-0.05, 0) is 31.0 Å². The first-order chi connectivity index (χ1) is 9.03. The number of halogens is 2. The molecule has 0 bridgehead atoms. The molecule has 1 rings (SSSR count). The normalized spacial score (nSPS) is 14.7. The van der Waals surface area contributed by atoms with Gasteiger partial charge in [0.2, 0.25) is 0 Å². The Morgan fingerprint density at radius 1 is 1.16 bits per heavy atom. The molecule has 0 spiro atoms. The molecule has 19 heavy (non-hydrogen) atoms. The fourth-order valence-corrected chi connectivity index (χ4v) is 2.39. The van der Waals surface area contributed by atoms with Crippen LogP contribution in [0.4, 0.5) is 0 Å². The molecule has 0 aliphatic rings. The van der Waals surface area contributed by atoms with Crippen LogP contribution in [0.3, 0.4) is 0 Å². The van der Waals surface area contributed by atoms with Gasteiger partial charge in [-0.15, -0.1) is 0 Å². The largest absolute Gasteiger partial charge is 0.354 e. The predicted octanol–water partition coefficient (Wildman–Crippen LogP) is 4.04. The molecule has 3 nitrogen and oxygen atoms in total. The molecule has 0 aliphatic heterocycles. The average Bonchev–Trinajstić information content (AvgIpc) is 2.40. The Balaban J connectivity index is 2.80. The Labute approximate surface area is 125 Å². The molecule has 0 fully saturated rings. The molecule has 2 unspecified atom stereocenters. The van der Waals surface area contributed by atoms with E-state index in [2.05, 4.69) is 12.2 Å². The highest BCUT2D eigenvalue weighted by molar-refractivity contribution is 6.42. The SMILES string of the molecule is CCC(NC(C)C(OC)OC)c1ccc(Cl)c(Cl)c1. The molecule has 0 saturated heterocycles. The van der Waals surface area contributed by atoms with Gasteiger partial charge in [-0.25, -0.2) is 0 Å². The number of methoxy groups -OCH3 is 2. The van der Waals surface area contributed by atoms with Gasteiger partial charge < -0.3 is 14.8 Å². The second kappa shape index (κ2) is 8.08. The van der Waals surface area contributed by atoms with Gasteiger partial charge >= 0.3 is 0 Å². The van der Waals surface area contributed by atoms with Gasteiger partial charge in [-0.2, -0.15) is 0 Å². The smallest absolute Gasteiger partial charge is 0.171 e. The molecule has 0 saturated carbocycles. The van der Waals surface area contributed by atoms with E-state index in [0.717, 1.165) is 12.0 Å². The van der Waals surface area contributed by atoms with Crippen molar-refractivity contribution >= 4 is 23.2 Å². The van der Waals surface area contributed by atoms with Crippen molar-refractivity contribution in [3.63, 3.8) is 0 Å². The van der Waals surface area contributed by atoms with E-state index in [1.807, 2.05) is 25.1 Å². The van der Waals surface area contributed by atoms with Crippen molar-refractivity contribution in [3.05, 3.63) is 33.8 Å². The lowest BCUT2D eigenvalue weighted by Crippen LogP contribution is -2.41. The zero-order valence-corrected chi connectivity index (χ0v) is 13.3. The maximum absolute atomic E-state index is 6.06. The summed E-state index contributed by atoms with van der Waals surface area (Å²) in [6.45, 7) is 4.14. The van der Waals surface area contributed by atoms with E-state index in [1.165, 1.54) is 0 Å². The lowest BCUT2D eigenvalue weighted by molar-refractivity contribution is -0.121. The Morgan fingerprint density at radius 2 is 1.79 bits per heavy atom. The first-order valence-corrected chi connectivity index (χ1v) is 7.05. The van der Waals surface area contributed by atoms with Gasteiger partial charge in [-0.3, -0.25) is 0 Å². The quantitative estimate of drug-likeness (QED) is 0.771. The molecule has 0 amide bonds. The van der Waals surface area contributed by atoms with Crippen LogP contribution in [0.15, 0.2) is 18.2 Å². The Hall–Kier alpha value is -0.320. The summed E-state index contributed by atoms with van der Waals surface area (Å²) in [7, 11) is 3.26. The molecule has 0 aromatic heterocycles. The summed E-state index contributed by atoms with van der Waals surface area (Å²) < 4.78 is 10.5. The summed E-state index contributed by atoms with van der Waals surface area (Å²) in [6.07, 6.45) is 0.652. The van der Waals surface area contributed by atoms with Gasteiger partial charge in [0, 0.05) is 20.3 Å². The first-order valence-electron chi connectivity index (χ1n) is 6.30. The van der Waals surface area contributed by atoms with Gasteiger partial charge in [0.15, 0.2) is 6.29 Å². The molecule has 0 radical (unpaired) electrons. The molecule has 1 aromatic rings. The first kappa shape index (κ1) is 16.7. The van der Waals surface area contributed by atoms with Crippen LogP contribution < -0.4 is 5.32 Å². The Bertz CT molecular complexity index is 397. The van der Waals surface area contributed by atoms with E-state index in [1.54, 1.807) is 14.2 Å². The van der Waals surface area contributed by atoms with Gasteiger partial charge in [0.25, 0.3) is 0 Å². The van der Waals surface area contributed by atoms with Crippen molar-refractivity contribution in [3.8, 4) is 0 Å². The maximum Gasteiger partial charge on any atom is 0.171 e.